The van der Waals surface area contributed by atoms with Crippen LogP contribution in [0.25, 0.3) is 0 Å². The number of hydrogen-bond donors (Lipinski definition) is 1. The Morgan fingerprint density at radius 2 is 2.14 bits per heavy atom. The SMILES string of the molecule is Cc1ccc(CN2CCCCCNC(=O)[C@@H]3CCC[C@@H]32)o1. The maximum Gasteiger partial charge on any atom is 0.224 e. The standard InChI is InChI=1S/C17H26N2O2/c1-13-8-9-14(21-13)12-19-11-4-2-3-10-18-17(20)15-6-5-7-16(15)19/h8-9,15-16H,2-7,10-12H2,1H3,(H,18,20)/t15-,16+/m1/s1. The minimum absolute atomic E-state index is 0.166. The van der Waals surface area contributed by atoms with Gasteiger partial charge >= 0.3 is 0 Å². The Morgan fingerprint density at radius 3 is 2.95 bits per heavy atom. The third kappa shape index (κ3) is 3.49. The lowest BCUT2D eigenvalue weighted by atomic mass is 9.99. The molecule has 4 nitrogen and oxygen atoms in total. The summed E-state index contributed by atoms with van der Waals surface area (Å²) < 4.78 is 5.75. The molecule has 0 bridgehead atoms. The summed E-state index contributed by atoms with van der Waals surface area (Å²) in [4.78, 5) is 14.8. The number of hydrogen-bond acceptors (Lipinski definition) is 3. The maximum atomic E-state index is 12.4. The Labute approximate surface area is 126 Å². The van der Waals surface area contributed by atoms with Crippen LogP contribution in [0.15, 0.2) is 16.5 Å². The number of rotatable bonds is 2. The van der Waals surface area contributed by atoms with Gasteiger partial charge in [0.15, 0.2) is 0 Å². The summed E-state index contributed by atoms with van der Waals surface area (Å²) in [5.41, 5.74) is 0. The van der Waals surface area contributed by atoms with Crippen molar-refractivity contribution in [2.75, 3.05) is 13.1 Å². The highest BCUT2D eigenvalue weighted by Crippen LogP contribution is 2.32. The fourth-order valence-corrected chi connectivity index (χ4v) is 3.78. The Morgan fingerprint density at radius 1 is 1.24 bits per heavy atom. The Kier molecular flexibility index (Phi) is 4.63. The normalized spacial score (nSPS) is 28.1. The smallest absolute Gasteiger partial charge is 0.224 e. The van der Waals surface area contributed by atoms with E-state index in [9.17, 15) is 4.79 Å². The molecule has 0 spiro atoms. The molecule has 0 aromatic carbocycles. The van der Waals surface area contributed by atoms with E-state index in [1.807, 2.05) is 13.0 Å². The van der Waals surface area contributed by atoms with Crippen LogP contribution in [0, 0.1) is 12.8 Å². The summed E-state index contributed by atoms with van der Waals surface area (Å²) in [6, 6.07) is 4.47. The highest BCUT2D eigenvalue weighted by Gasteiger charge is 2.37. The van der Waals surface area contributed by atoms with Gasteiger partial charge in [-0.3, -0.25) is 9.69 Å². The third-order valence-corrected chi connectivity index (χ3v) is 4.86. The van der Waals surface area contributed by atoms with E-state index in [1.54, 1.807) is 0 Å². The van der Waals surface area contributed by atoms with Crippen molar-refractivity contribution in [1.29, 1.82) is 0 Å². The molecule has 2 fully saturated rings. The first kappa shape index (κ1) is 14.6. The van der Waals surface area contributed by atoms with Gasteiger partial charge < -0.3 is 9.73 Å². The molecule has 0 radical (unpaired) electrons. The molecule has 1 saturated carbocycles. The van der Waals surface area contributed by atoms with E-state index < -0.39 is 0 Å². The van der Waals surface area contributed by atoms with Gasteiger partial charge in [0.2, 0.25) is 5.91 Å². The first-order valence-electron chi connectivity index (χ1n) is 8.31. The fourth-order valence-electron chi connectivity index (χ4n) is 3.78. The van der Waals surface area contributed by atoms with Crippen LogP contribution in [0.2, 0.25) is 0 Å². The van der Waals surface area contributed by atoms with Crippen molar-refractivity contribution >= 4 is 5.91 Å². The van der Waals surface area contributed by atoms with Crippen LogP contribution in [0.4, 0.5) is 0 Å². The monoisotopic (exact) mass is 290 g/mol. The van der Waals surface area contributed by atoms with Crippen molar-refractivity contribution in [3.8, 4) is 0 Å². The second-order valence-electron chi connectivity index (χ2n) is 6.44. The lowest BCUT2D eigenvalue weighted by Gasteiger charge is -2.32. The number of aryl methyl sites for hydroxylation is 1. The van der Waals surface area contributed by atoms with Crippen LogP contribution < -0.4 is 5.32 Å². The second kappa shape index (κ2) is 6.65. The van der Waals surface area contributed by atoms with E-state index in [1.165, 1.54) is 12.8 Å². The Bertz CT molecular complexity index is 483. The topological polar surface area (TPSA) is 45.5 Å². The molecule has 1 aromatic rings. The quantitative estimate of drug-likeness (QED) is 0.911. The number of carbonyl (C=O) groups excluding carboxylic acids is 1. The average Bonchev–Trinajstić information content (AvgIpc) is 3.09. The van der Waals surface area contributed by atoms with Gasteiger partial charge in [-0.2, -0.15) is 0 Å². The van der Waals surface area contributed by atoms with E-state index in [0.717, 1.165) is 56.8 Å². The molecule has 2 atom stereocenters. The molecule has 1 amide bonds. The summed E-state index contributed by atoms with van der Waals surface area (Å²) in [7, 11) is 0. The number of fused-ring (bicyclic) bond motifs is 1. The lowest BCUT2D eigenvalue weighted by molar-refractivity contribution is -0.126. The van der Waals surface area contributed by atoms with E-state index in [-0.39, 0.29) is 11.8 Å². The zero-order valence-electron chi connectivity index (χ0n) is 12.9. The Hall–Kier alpha value is -1.29. The summed E-state index contributed by atoms with van der Waals surface area (Å²) in [6.07, 6.45) is 6.82. The summed E-state index contributed by atoms with van der Waals surface area (Å²) >= 11 is 0. The minimum atomic E-state index is 0.166. The zero-order valence-corrected chi connectivity index (χ0v) is 12.9. The van der Waals surface area contributed by atoms with Crippen molar-refractivity contribution in [1.82, 2.24) is 10.2 Å². The van der Waals surface area contributed by atoms with E-state index in [4.69, 9.17) is 4.42 Å². The molecule has 116 valence electrons. The second-order valence-corrected chi connectivity index (χ2v) is 6.44. The molecule has 4 heteroatoms. The van der Waals surface area contributed by atoms with Crippen LogP contribution >= 0.6 is 0 Å². The maximum absolute atomic E-state index is 12.4. The molecular weight excluding hydrogens is 264 g/mol. The number of nitrogens with one attached hydrogen (secondary N) is 1. The highest BCUT2D eigenvalue weighted by molar-refractivity contribution is 5.79. The molecule has 1 saturated heterocycles. The van der Waals surface area contributed by atoms with Crippen molar-refractivity contribution in [3.05, 3.63) is 23.7 Å². The molecule has 2 heterocycles. The van der Waals surface area contributed by atoms with Gasteiger partial charge in [0.1, 0.15) is 11.5 Å². The number of nitrogens with zero attached hydrogens (tertiary/aromatic N) is 1. The fraction of sp³-hybridized carbons (Fsp3) is 0.706. The first-order chi connectivity index (χ1) is 10.2. The van der Waals surface area contributed by atoms with Gasteiger partial charge in [-0.05, 0) is 51.3 Å². The molecule has 1 aromatic heterocycles. The molecule has 2 aliphatic rings. The first-order valence-corrected chi connectivity index (χ1v) is 8.31. The van der Waals surface area contributed by atoms with Crippen LogP contribution in [-0.2, 0) is 11.3 Å². The van der Waals surface area contributed by atoms with Crippen LogP contribution in [0.1, 0.15) is 50.0 Å². The summed E-state index contributed by atoms with van der Waals surface area (Å²) in [5, 5.41) is 3.12. The largest absolute Gasteiger partial charge is 0.465 e. The van der Waals surface area contributed by atoms with E-state index in [0.29, 0.717) is 6.04 Å². The van der Waals surface area contributed by atoms with Crippen LogP contribution in [-0.4, -0.2) is 29.9 Å². The Balaban J connectivity index is 1.75. The van der Waals surface area contributed by atoms with Gasteiger partial charge in [-0.25, -0.2) is 0 Å². The summed E-state index contributed by atoms with van der Waals surface area (Å²) in [6.45, 7) is 4.74. The predicted octanol–water partition coefficient (Wildman–Crippen LogP) is 2.86. The third-order valence-electron chi connectivity index (χ3n) is 4.86. The van der Waals surface area contributed by atoms with Crippen molar-refractivity contribution in [3.63, 3.8) is 0 Å². The van der Waals surface area contributed by atoms with Crippen molar-refractivity contribution in [2.45, 2.75) is 58.0 Å². The molecule has 1 aliphatic carbocycles. The predicted molar refractivity (Wildman–Crippen MR) is 81.8 cm³/mol. The van der Waals surface area contributed by atoms with Crippen LogP contribution in [0.5, 0.6) is 0 Å². The van der Waals surface area contributed by atoms with Gasteiger partial charge in [0.05, 0.1) is 12.5 Å². The van der Waals surface area contributed by atoms with Crippen molar-refractivity contribution < 1.29 is 9.21 Å². The van der Waals surface area contributed by atoms with E-state index >= 15 is 0 Å². The molecule has 3 rings (SSSR count). The highest BCUT2D eigenvalue weighted by atomic mass is 16.3. The molecule has 21 heavy (non-hydrogen) atoms. The van der Waals surface area contributed by atoms with Gasteiger partial charge in [-0.15, -0.1) is 0 Å². The lowest BCUT2D eigenvalue weighted by Crippen LogP contribution is -2.45. The van der Waals surface area contributed by atoms with Gasteiger partial charge in [-0.1, -0.05) is 12.8 Å². The molecule has 1 N–H and O–H groups in total. The number of carbonyl (C=O) groups is 1. The summed E-state index contributed by atoms with van der Waals surface area (Å²) in [5.74, 6) is 2.42. The molecular formula is C17H26N2O2. The van der Waals surface area contributed by atoms with Crippen LogP contribution in [0.3, 0.4) is 0 Å². The number of amides is 1. The average molecular weight is 290 g/mol. The van der Waals surface area contributed by atoms with E-state index in [2.05, 4.69) is 16.3 Å². The molecule has 0 unspecified atom stereocenters. The van der Waals surface area contributed by atoms with Gasteiger partial charge in [0.25, 0.3) is 0 Å². The molecule has 1 aliphatic heterocycles. The number of furan rings is 1. The van der Waals surface area contributed by atoms with Gasteiger partial charge in [0, 0.05) is 12.6 Å². The zero-order chi connectivity index (χ0) is 14.7. The minimum Gasteiger partial charge on any atom is -0.465 e. The van der Waals surface area contributed by atoms with Crippen molar-refractivity contribution in [2.24, 2.45) is 5.92 Å².